The van der Waals surface area contributed by atoms with Crippen molar-refractivity contribution >= 4 is 6.08 Å². The van der Waals surface area contributed by atoms with Gasteiger partial charge in [0.1, 0.15) is 0 Å². The van der Waals surface area contributed by atoms with Crippen LogP contribution in [0.15, 0.2) is 54.6 Å². The molecule has 2 rings (SSSR count). The van der Waals surface area contributed by atoms with Gasteiger partial charge >= 0.3 is 0 Å². The fourth-order valence-electron chi connectivity index (χ4n) is 2.60. The van der Waals surface area contributed by atoms with Crippen molar-refractivity contribution in [2.24, 2.45) is 0 Å². The number of para-hydroxylation sites is 1. The number of aliphatic hydroxyl groups excluding tert-OH is 1. The van der Waals surface area contributed by atoms with E-state index in [1.54, 1.807) is 14.2 Å². The summed E-state index contributed by atoms with van der Waals surface area (Å²) in [5.41, 5.74) is 1.91. The van der Waals surface area contributed by atoms with Crippen LogP contribution in [0.5, 0.6) is 11.5 Å². The van der Waals surface area contributed by atoms with Gasteiger partial charge in [-0.25, -0.2) is 0 Å². The lowest BCUT2D eigenvalue weighted by Crippen LogP contribution is -2.06. The summed E-state index contributed by atoms with van der Waals surface area (Å²) < 4.78 is 15.9. The first kappa shape index (κ1) is 19.0. The van der Waals surface area contributed by atoms with Gasteiger partial charge in [0, 0.05) is 12.7 Å². The van der Waals surface area contributed by atoms with Crippen molar-refractivity contribution < 1.29 is 19.3 Å². The maximum atomic E-state index is 10.5. The van der Waals surface area contributed by atoms with E-state index >= 15 is 0 Å². The molecule has 134 valence electrons. The number of aliphatic hydroxyl groups is 1. The third-order valence-corrected chi connectivity index (χ3v) is 3.87. The molecule has 1 unspecified atom stereocenters. The van der Waals surface area contributed by atoms with E-state index in [2.05, 4.69) is 24.3 Å². The van der Waals surface area contributed by atoms with Gasteiger partial charge in [-0.3, -0.25) is 0 Å². The molecule has 4 nitrogen and oxygen atoms in total. The molecular weight excluding hydrogens is 316 g/mol. The topological polar surface area (TPSA) is 47.9 Å². The molecular formula is C21H26O4. The predicted molar refractivity (Wildman–Crippen MR) is 99.8 cm³/mol. The zero-order valence-corrected chi connectivity index (χ0v) is 14.9. The van der Waals surface area contributed by atoms with Crippen molar-refractivity contribution in [1.82, 2.24) is 0 Å². The summed E-state index contributed by atoms with van der Waals surface area (Å²) in [4.78, 5) is 0. The number of hydrogen-bond acceptors (Lipinski definition) is 4. The van der Waals surface area contributed by atoms with Crippen molar-refractivity contribution in [2.75, 3.05) is 21.0 Å². The Bertz CT molecular complexity index is 652. The summed E-state index contributed by atoms with van der Waals surface area (Å²) in [5.74, 6) is 1.14. The number of rotatable bonds is 10. The fourth-order valence-corrected chi connectivity index (χ4v) is 2.60. The monoisotopic (exact) mass is 342 g/mol. The lowest BCUT2D eigenvalue weighted by Gasteiger charge is -2.18. The van der Waals surface area contributed by atoms with Crippen molar-refractivity contribution in [3.05, 3.63) is 65.7 Å². The molecule has 4 heteroatoms. The van der Waals surface area contributed by atoms with Crippen LogP contribution in [-0.4, -0.2) is 26.1 Å². The molecule has 0 aliphatic carbocycles. The first-order chi connectivity index (χ1) is 12.3. The van der Waals surface area contributed by atoms with E-state index in [9.17, 15) is 5.11 Å². The zero-order valence-electron chi connectivity index (χ0n) is 14.9. The molecule has 0 aromatic heterocycles. The van der Waals surface area contributed by atoms with E-state index in [1.807, 2.05) is 36.4 Å². The average molecular weight is 342 g/mol. The molecule has 0 bridgehead atoms. The van der Waals surface area contributed by atoms with Crippen LogP contribution in [0.25, 0.3) is 6.08 Å². The highest BCUT2D eigenvalue weighted by Gasteiger charge is 2.17. The Kier molecular flexibility index (Phi) is 8.02. The van der Waals surface area contributed by atoms with Gasteiger partial charge < -0.3 is 19.3 Å². The predicted octanol–water partition coefficient (Wildman–Crippen LogP) is 4.60. The van der Waals surface area contributed by atoms with Crippen molar-refractivity contribution in [2.45, 2.75) is 25.4 Å². The number of allylic oxidation sites excluding steroid dienone is 1. The average Bonchev–Trinajstić information content (AvgIpc) is 2.66. The summed E-state index contributed by atoms with van der Waals surface area (Å²) >= 11 is 0. The van der Waals surface area contributed by atoms with Crippen LogP contribution in [-0.2, 0) is 4.74 Å². The molecule has 2 aromatic carbocycles. The lowest BCUT2D eigenvalue weighted by atomic mass is 10.0. The largest absolute Gasteiger partial charge is 0.493 e. The molecule has 0 saturated heterocycles. The second kappa shape index (κ2) is 10.5. The second-order valence-electron chi connectivity index (χ2n) is 5.69. The Labute approximate surface area is 149 Å². The minimum absolute atomic E-state index is 0.111. The molecule has 0 spiro atoms. The molecule has 0 fully saturated rings. The quantitative estimate of drug-likeness (QED) is 0.506. The number of benzene rings is 2. The van der Waals surface area contributed by atoms with E-state index < -0.39 is 6.10 Å². The van der Waals surface area contributed by atoms with Gasteiger partial charge in [-0.2, -0.15) is 0 Å². The fraction of sp³-hybridized carbons (Fsp3) is 0.333. The minimum atomic E-state index is -0.605. The van der Waals surface area contributed by atoms with Crippen molar-refractivity contribution in [3.63, 3.8) is 0 Å². The zero-order chi connectivity index (χ0) is 17.9. The lowest BCUT2D eigenvalue weighted by molar-refractivity contribution is 0.0455. The number of hydrogen-bond donors (Lipinski definition) is 1. The van der Waals surface area contributed by atoms with Gasteiger partial charge in [-0.15, -0.1) is 0 Å². The molecule has 0 radical (unpaired) electrons. The van der Waals surface area contributed by atoms with Crippen molar-refractivity contribution in [1.29, 1.82) is 0 Å². The van der Waals surface area contributed by atoms with Gasteiger partial charge in [-0.05, 0) is 30.9 Å². The molecule has 0 aliphatic rings. The highest BCUT2D eigenvalue weighted by molar-refractivity contribution is 5.49. The highest BCUT2D eigenvalue weighted by Crippen LogP contribution is 2.36. The van der Waals surface area contributed by atoms with Gasteiger partial charge in [0.25, 0.3) is 0 Å². The Morgan fingerprint density at radius 3 is 2.56 bits per heavy atom. The SMILES string of the molecule is COCOc1c(OC)cccc1C(O)CCC/C=C\c1ccccc1. The van der Waals surface area contributed by atoms with E-state index in [-0.39, 0.29) is 6.79 Å². The number of ether oxygens (including phenoxy) is 3. The van der Waals surface area contributed by atoms with E-state index in [1.165, 1.54) is 5.56 Å². The molecule has 1 atom stereocenters. The summed E-state index contributed by atoms with van der Waals surface area (Å²) in [6, 6.07) is 15.7. The first-order valence-corrected chi connectivity index (χ1v) is 8.44. The number of unbranched alkanes of at least 4 members (excludes halogenated alkanes) is 1. The smallest absolute Gasteiger partial charge is 0.188 e. The Hall–Kier alpha value is -2.30. The molecule has 0 amide bonds. The van der Waals surface area contributed by atoms with E-state index in [0.29, 0.717) is 17.9 Å². The van der Waals surface area contributed by atoms with Crippen LogP contribution >= 0.6 is 0 Å². The van der Waals surface area contributed by atoms with Gasteiger partial charge in [0.05, 0.1) is 13.2 Å². The first-order valence-electron chi connectivity index (χ1n) is 8.44. The van der Waals surface area contributed by atoms with Crippen LogP contribution in [0.1, 0.15) is 36.5 Å². The van der Waals surface area contributed by atoms with Crippen molar-refractivity contribution in [3.8, 4) is 11.5 Å². The molecule has 25 heavy (non-hydrogen) atoms. The maximum Gasteiger partial charge on any atom is 0.188 e. The van der Waals surface area contributed by atoms with Crippen LogP contribution in [0.2, 0.25) is 0 Å². The third kappa shape index (κ3) is 5.93. The van der Waals surface area contributed by atoms with Crippen LogP contribution in [0, 0.1) is 0 Å². The van der Waals surface area contributed by atoms with E-state index in [0.717, 1.165) is 18.4 Å². The molecule has 1 N–H and O–H groups in total. The molecule has 0 heterocycles. The molecule has 0 saturated carbocycles. The van der Waals surface area contributed by atoms with Gasteiger partial charge in [0.2, 0.25) is 0 Å². The maximum absolute atomic E-state index is 10.5. The molecule has 0 aliphatic heterocycles. The summed E-state index contributed by atoms with van der Waals surface area (Å²) in [6.07, 6.45) is 6.07. The summed E-state index contributed by atoms with van der Waals surface area (Å²) in [5, 5.41) is 10.5. The Balaban J connectivity index is 1.91. The standard InChI is InChI=1S/C21H26O4/c1-23-16-25-21-18(13-9-15-20(21)24-2)19(22)14-8-4-7-12-17-10-5-3-6-11-17/h3,5-7,9-13,15,19,22H,4,8,14,16H2,1-2H3/b12-7-. The number of methoxy groups -OCH3 is 2. The second-order valence-corrected chi connectivity index (χ2v) is 5.69. The van der Waals surface area contributed by atoms with Gasteiger partial charge in [-0.1, -0.05) is 54.6 Å². The van der Waals surface area contributed by atoms with Crippen LogP contribution < -0.4 is 9.47 Å². The Morgan fingerprint density at radius 2 is 1.84 bits per heavy atom. The Morgan fingerprint density at radius 1 is 1.04 bits per heavy atom. The minimum Gasteiger partial charge on any atom is -0.493 e. The van der Waals surface area contributed by atoms with Crippen LogP contribution in [0.3, 0.4) is 0 Å². The molecule has 2 aromatic rings. The highest BCUT2D eigenvalue weighted by atomic mass is 16.7. The summed E-state index contributed by atoms with van der Waals surface area (Å²) in [6.45, 7) is 0.111. The third-order valence-electron chi connectivity index (χ3n) is 3.87. The van der Waals surface area contributed by atoms with Crippen LogP contribution in [0.4, 0.5) is 0 Å². The van der Waals surface area contributed by atoms with Gasteiger partial charge in [0.15, 0.2) is 18.3 Å². The summed E-state index contributed by atoms with van der Waals surface area (Å²) in [7, 11) is 3.14. The van der Waals surface area contributed by atoms with E-state index in [4.69, 9.17) is 14.2 Å². The normalized spacial score (nSPS) is 12.3.